The predicted octanol–water partition coefficient (Wildman–Crippen LogP) is 1.30. The molecule has 1 fully saturated rings. The fourth-order valence-electron chi connectivity index (χ4n) is 2.28. The van der Waals surface area contributed by atoms with E-state index in [9.17, 15) is 4.79 Å². The predicted molar refractivity (Wildman–Crippen MR) is 60.4 cm³/mol. The smallest absolute Gasteiger partial charge is 0.239 e. The van der Waals surface area contributed by atoms with Gasteiger partial charge in [0.2, 0.25) is 5.91 Å². The van der Waals surface area contributed by atoms with Gasteiger partial charge in [-0.1, -0.05) is 19.3 Å². The first-order valence-corrected chi connectivity index (χ1v) is 6.01. The van der Waals surface area contributed by atoms with Crippen LogP contribution in [0.5, 0.6) is 0 Å². The molecule has 4 nitrogen and oxygen atoms in total. The van der Waals surface area contributed by atoms with Gasteiger partial charge in [-0.25, -0.2) is 0 Å². The van der Waals surface area contributed by atoms with Gasteiger partial charge in [0.25, 0.3) is 0 Å². The molecular formula is C12H20N2O2. The number of amides is 1. The average Bonchev–Trinajstić information content (AvgIpc) is 2.35. The van der Waals surface area contributed by atoms with Gasteiger partial charge in [0.15, 0.2) is 0 Å². The van der Waals surface area contributed by atoms with Gasteiger partial charge >= 0.3 is 0 Å². The van der Waals surface area contributed by atoms with Gasteiger partial charge in [-0.15, -0.1) is 0 Å². The summed E-state index contributed by atoms with van der Waals surface area (Å²) in [5.41, 5.74) is 0. The summed E-state index contributed by atoms with van der Waals surface area (Å²) in [6.07, 6.45) is 5.51. The highest BCUT2D eigenvalue weighted by Gasteiger charge is 2.27. The molecule has 1 saturated carbocycles. The summed E-state index contributed by atoms with van der Waals surface area (Å²) in [5.74, 6) is -0.739. The number of rotatable bonds is 4. The summed E-state index contributed by atoms with van der Waals surface area (Å²) in [4.78, 5) is 13.7. The fraction of sp³-hybridized carbons (Fsp3) is 0.833. The van der Waals surface area contributed by atoms with Crippen molar-refractivity contribution in [1.29, 1.82) is 5.26 Å². The van der Waals surface area contributed by atoms with E-state index < -0.39 is 5.92 Å². The lowest BCUT2D eigenvalue weighted by atomic mass is 9.93. The van der Waals surface area contributed by atoms with Crippen molar-refractivity contribution in [2.45, 2.75) is 45.1 Å². The normalized spacial score (nSPS) is 18.8. The van der Waals surface area contributed by atoms with E-state index in [4.69, 9.17) is 10.4 Å². The van der Waals surface area contributed by atoms with Crippen LogP contribution >= 0.6 is 0 Å². The monoisotopic (exact) mass is 224 g/mol. The SMILES string of the molecule is CC(C#N)C(=O)N(CCO)C1CCCCC1. The average molecular weight is 224 g/mol. The molecule has 1 aliphatic rings. The Morgan fingerprint density at radius 2 is 2.12 bits per heavy atom. The molecule has 90 valence electrons. The Morgan fingerprint density at radius 1 is 1.50 bits per heavy atom. The Labute approximate surface area is 96.9 Å². The number of aliphatic hydroxyl groups excluding tert-OH is 1. The van der Waals surface area contributed by atoms with Crippen molar-refractivity contribution < 1.29 is 9.90 Å². The van der Waals surface area contributed by atoms with E-state index in [-0.39, 0.29) is 18.6 Å². The van der Waals surface area contributed by atoms with Gasteiger partial charge in [-0.3, -0.25) is 4.79 Å². The molecule has 1 unspecified atom stereocenters. The van der Waals surface area contributed by atoms with Gasteiger partial charge in [0.1, 0.15) is 5.92 Å². The molecule has 4 heteroatoms. The zero-order valence-electron chi connectivity index (χ0n) is 9.85. The number of nitrogens with zero attached hydrogens (tertiary/aromatic N) is 2. The molecular weight excluding hydrogens is 204 g/mol. The van der Waals surface area contributed by atoms with E-state index >= 15 is 0 Å². The van der Waals surface area contributed by atoms with Crippen LogP contribution < -0.4 is 0 Å². The third kappa shape index (κ3) is 3.21. The van der Waals surface area contributed by atoms with Crippen molar-refractivity contribution in [1.82, 2.24) is 4.90 Å². The number of hydrogen-bond donors (Lipinski definition) is 1. The van der Waals surface area contributed by atoms with E-state index in [1.54, 1.807) is 11.8 Å². The molecule has 0 aromatic rings. The van der Waals surface area contributed by atoms with Crippen molar-refractivity contribution >= 4 is 5.91 Å². The highest BCUT2D eigenvalue weighted by Crippen LogP contribution is 2.23. The van der Waals surface area contributed by atoms with Crippen LogP contribution in [0.4, 0.5) is 0 Å². The minimum atomic E-state index is -0.603. The van der Waals surface area contributed by atoms with E-state index in [2.05, 4.69) is 0 Å². The maximum atomic E-state index is 12.0. The zero-order valence-corrected chi connectivity index (χ0v) is 9.85. The second-order valence-corrected chi connectivity index (χ2v) is 4.40. The maximum absolute atomic E-state index is 12.0. The molecule has 0 bridgehead atoms. The lowest BCUT2D eigenvalue weighted by Crippen LogP contribution is -2.45. The highest BCUT2D eigenvalue weighted by atomic mass is 16.3. The molecule has 0 aromatic carbocycles. The Kier molecular flexibility index (Phi) is 5.27. The Morgan fingerprint density at radius 3 is 2.62 bits per heavy atom. The molecule has 1 N–H and O–H groups in total. The summed E-state index contributed by atoms with van der Waals surface area (Å²) in [5, 5.41) is 17.8. The fourth-order valence-corrected chi connectivity index (χ4v) is 2.28. The summed E-state index contributed by atoms with van der Waals surface area (Å²) in [7, 11) is 0. The van der Waals surface area contributed by atoms with Crippen LogP contribution in [0.15, 0.2) is 0 Å². The number of aliphatic hydroxyl groups is 1. The van der Waals surface area contributed by atoms with Crippen LogP contribution in [0.2, 0.25) is 0 Å². The Bertz CT molecular complexity index is 267. The van der Waals surface area contributed by atoms with Gasteiger partial charge < -0.3 is 10.0 Å². The number of nitriles is 1. The molecule has 0 aliphatic heterocycles. The van der Waals surface area contributed by atoms with Crippen LogP contribution in [0.25, 0.3) is 0 Å². The first kappa shape index (κ1) is 13.0. The molecule has 0 saturated heterocycles. The van der Waals surface area contributed by atoms with Crippen LogP contribution in [-0.2, 0) is 4.79 Å². The Hall–Kier alpha value is -1.08. The van der Waals surface area contributed by atoms with E-state index in [1.165, 1.54) is 6.42 Å². The summed E-state index contributed by atoms with van der Waals surface area (Å²) in [6.45, 7) is 1.95. The topological polar surface area (TPSA) is 64.3 Å². The third-order valence-corrected chi connectivity index (χ3v) is 3.20. The molecule has 1 aliphatic carbocycles. The van der Waals surface area contributed by atoms with Crippen molar-refractivity contribution in [2.75, 3.05) is 13.2 Å². The third-order valence-electron chi connectivity index (χ3n) is 3.20. The van der Waals surface area contributed by atoms with E-state index in [0.717, 1.165) is 25.7 Å². The van der Waals surface area contributed by atoms with Crippen molar-refractivity contribution in [3.63, 3.8) is 0 Å². The number of carbonyl (C=O) groups excluding carboxylic acids is 1. The van der Waals surface area contributed by atoms with Crippen LogP contribution in [0.1, 0.15) is 39.0 Å². The molecule has 16 heavy (non-hydrogen) atoms. The van der Waals surface area contributed by atoms with Crippen LogP contribution in [0, 0.1) is 17.2 Å². The number of carbonyl (C=O) groups is 1. The summed E-state index contributed by atoms with van der Waals surface area (Å²) in [6, 6.07) is 2.20. The van der Waals surface area contributed by atoms with Gasteiger partial charge in [-0.05, 0) is 19.8 Å². The largest absolute Gasteiger partial charge is 0.395 e. The summed E-state index contributed by atoms with van der Waals surface area (Å²) >= 11 is 0. The van der Waals surface area contributed by atoms with Crippen LogP contribution in [0.3, 0.4) is 0 Å². The van der Waals surface area contributed by atoms with Crippen molar-refractivity contribution in [3.8, 4) is 6.07 Å². The number of hydrogen-bond acceptors (Lipinski definition) is 3. The minimum absolute atomic E-state index is 0.0274. The molecule has 0 heterocycles. The molecule has 1 amide bonds. The standard InChI is InChI=1S/C12H20N2O2/c1-10(9-13)12(16)14(7-8-15)11-5-3-2-4-6-11/h10-11,15H,2-8H2,1H3. The van der Waals surface area contributed by atoms with Crippen molar-refractivity contribution in [2.24, 2.45) is 5.92 Å². The molecule has 0 aromatic heterocycles. The molecule has 0 radical (unpaired) electrons. The first-order chi connectivity index (χ1) is 7.70. The lowest BCUT2D eigenvalue weighted by Gasteiger charge is -2.34. The highest BCUT2D eigenvalue weighted by molar-refractivity contribution is 5.81. The van der Waals surface area contributed by atoms with E-state index in [1.807, 2.05) is 6.07 Å². The minimum Gasteiger partial charge on any atom is -0.395 e. The maximum Gasteiger partial charge on any atom is 0.239 e. The second-order valence-electron chi connectivity index (χ2n) is 4.40. The van der Waals surface area contributed by atoms with Gasteiger partial charge in [0.05, 0.1) is 12.7 Å². The lowest BCUT2D eigenvalue weighted by molar-refractivity contribution is -0.137. The summed E-state index contributed by atoms with van der Waals surface area (Å²) < 4.78 is 0. The van der Waals surface area contributed by atoms with Gasteiger partial charge in [0, 0.05) is 12.6 Å². The zero-order chi connectivity index (χ0) is 12.0. The first-order valence-electron chi connectivity index (χ1n) is 6.01. The molecule has 1 rings (SSSR count). The van der Waals surface area contributed by atoms with Crippen LogP contribution in [-0.4, -0.2) is 35.1 Å². The molecule has 1 atom stereocenters. The van der Waals surface area contributed by atoms with E-state index in [0.29, 0.717) is 6.54 Å². The Balaban J connectivity index is 2.65. The molecule has 0 spiro atoms. The van der Waals surface area contributed by atoms with Gasteiger partial charge in [-0.2, -0.15) is 5.26 Å². The second kappa shape index (κ2) is 6.49. The quantitative estimate of drug-likeness (QED) is 0.782. The van der Waals surface area contributed by atoms with Crippen molar-refractivity contribution in [3.05, 3.63) is 0 Å².